The second kappa shape index (κ2) is 4.98. The monoisotopic (exact) mass is 293 g/mol. The Morgan fingerprint density at radius 3 is 2.50 bits per heavy atom. The molecular formula is C14H16ClN3O2. The molecule has 2 aliphatic rings. The Bertz CT molecular complexity index is 540. The first kappa shape index (κ1) is 13.2. The van der Waals surface area contributed by atoms with Crippen molar-refractivity contribution in [3.63, 3.8) is 0 Å². The van der Waals surface area contributed by atoms with Crippen LogP contribution in [0.5, 0.6) is 0 Å². The summed E-state index contributed by atoms with van der Waals surface area (Å²) in [5.41, 5.74) is 0.758. The van der Waals surface area contributed by atoms with Crippen LogP contribution in [0.15, 0.2) is 24.3 Å². The average molecular weight is 294 g/mol. The van der Waals surface area contributed by atoms with Gasteiger partial charge in [0.05, 0.1) is 5.54 Å². The first-order valence-corrected chi connectivity index (χ1v) is 7.09. The lowest BCUT2D eigenvalue weighted by atomic mass is 9.71. The van der Waals surface area contributed by atoms with E-state index < -0.39 is 6.04 Å². The van der Waals surface area contributed by atoms with Gasteiger partial charge >= 0.3 is 6.03 Å². The maximum absolute atomic E-state index is 12.2. The normalized spacial score (nSPS) is 23.4. The van der Waals surface area contributed by atoms with Crippen LogP contribution in [-0.2, 0) is 10.3 Å². The number of carbonyl (C=O) groups is 2. The summed E-state index contributed by atoms with van der Waals surface area (Å²) in [6.45, 7) is 0.335. The lowest BCUT2D eigenvalue weighted by Crippen LogP contribution is -2.55. The Balaban J connectivity index is 1.74. The molecule has 1 aromatic carbocycles. The highest BCUT2D eigenvalue weighted by atomic mass is 35.5. The molecule has 1 atom stereocenters. The minimum atomic E-state index is -0.493. The number of rotatable bonds is 3. The van der Waals surface area contributed by atoms with Crippen molar-refractivity contribution in [1.82, 2.24) is 16.0 Å². The number of carbonyl (C=O) groups excluding carboxylic acids is 2. The predicted molar refractivity (Wildman–Crippen MR) is 75.4 cm³/mol. The molecular weight excluding hydrogens is 278 g/mol. The van der Waals surface area contributed by atoms with Crippen LogP contribution in [-0.4, -0.2) is 24.5 Å². The van der Waals surface area contributed by atoms with Crippen LogP contribution in [0.2, 0.25) is 5.02 Å². The van der Waals surface area contributed by atoms with Gasteiger partial charge in [0.2, 0.25) is 5.91 Å². The van der Waals surface area contributed by atoms with Crippen LogP contribution in [0, 0.1) is 0 Å². The molecule has 0 aromatic heterocycles. The summed E-state index contributed by atoms with van der Waals surface area (Å²) >= 11 is 5.91. The SMILES string of the molecule is O=C1NC[C@H](C(=O)NC2(c3ccc(Cl)cc3)CCC2)N1. The highest BCUT2D eigenvalue weighted by Gasteiger charge is 2.42. The van der Waals surface area contributed by atoms with Gasteiger partial charge < -0.3 is 16.0 Å². The van der Waals surface area contributed by atoms with Crippen molar-refractivity contribution in [2.45, 2.75) is 30.8 Å². The molecule has 0 unspecified atom stereocenters. The molecule has 106 valence electrons. The van der Waals surface area contributed by atoms with E-state index in [2.05, 4.69) is 16.0 Å². The Morgan fingerprint density at radius 2 is 2.00 bits per heavy atom. The molecule has 3 rings (SSSR count). The van der Waals surface area contributed by atoms with Crippen molar-refractivity contribution in [2.24, 2.45) is 0 Å². The van der Waals surface area contributed by atoms with Crippen LogP contribution in [0.25, 0.3) is 0 Å². The van der Waals surface area contributed by atoms with Crippen LogP contribution in [0.3, 0.4) is 0 Å². The summed E-state index contributed by atoms with van der Waals surface area (Å²) in [6.07, 6.45) is 2.90. The van der Waals surface area contributed by atoms with Gasteiger partial charge in [0.1, 0.15) is 6.04 Å². The smallest absolute Gasteiger partial charge is 0.315 e. The van der Waals surface area contributed by atoms with E-state index in [4.69, 9.17) is 11.6 Å². The van der Waals surface area contributed by atoms with E-state index in [1.807, 2.05) is 24.3 Å². The third-order valence-electron chi connectivity index (χ3n) is 4.05. The van der Waals surface area contributed by atoms with Crippen LogP contribution in [0.1, 0.15) is 24.8 Å². The van der Waals surface area contributed by atoms with Gasteiger partial charge in [-0.1, -0.05) is 23.7 Å². The number of amides is 3. The second-order valence-corrected chi connectivity index (χ2v) is 5.78. The molecule has 0 bridgehead atoms. The fourth-order valence-electron chi connectivity index (χ4n) is 2.72. The zero-order valence-corrected chi connectivity index (χ0v) is 11.7. The Hall–Kier alpha value is -1.75. The maximum Gasteiger partial charge on any atom is 0.315 e. The van der Waals surface area contributed by atoms with Gasteiger partial charge in [0.15, 0.2) is 0 Å². The van der Waals surface area contributed by atoms with Crippen molar-refractivity contribution in [2.75, 3.05) is 6.54 Å². The first-order valence-electron chi connectivity index (χ1n) is 6.71. The zero-order valence-electron chi connectivity index (χ0n) is 10.9. The summed E-state index contributed by atoms with van der Waals surface area (Å²) in [4.78, 5) is 23.3. The van der Waals surface area contributed by atoms with Crippen molar-refractivity contribution >= 4 is 23.5 Å². The van der Waals surface area contributed by atoms with E-state index in [1.165, 1.54) is 0 Å². The predicted octanol–water partition coefficient (Wildman–Crippen LogP) is 1.52. The number of nitrogens with one attached hydrogen (secondary N) is 3. The molecule has 1 saturated heterocycles. The standard InChI is InChI=1S/C14H16ClN3O2/c15-10-4-2-9(3-5-10)14(6-1-7-14)18-12(19)11-8-16-13(20)17-11/h2-5,11H,1,6-8H2,(H,18,19)(H2,16,17,20)/t11-/m1/s1. The maximum atomic E-state index is 12.2. The first-order chi connectivity index (χ1) is 9.59. The number of hydrogen-bond acceptors (Lipinski definition) is 2. The van der Waals surface area contributed by atoms with Crippen molar-refractivity contribution in [3.8, 4) is 0 Å². The van der Waals surface area contributed by atoms with Gasteiger partial charge in [-0.2, -0.15) is 0 Å². The number of hydrogen-bond donors (Lipinski definition) is 3. The van der Waals surface area contributed by atoms with Gasteiger partial charge in [-0.25, -0.2) is 4.79 Å². The van der Waals surface area contributed by atoms with E-state index in [9.17, 15) is 9.59 Å². The van der Waals surface area contributed by atoms with E-state index in [1.54, 1.807) is 0 Å². The molecule has 2 fully saturated rings. The molecule has 1 heterocycles. The molecule has 1 aliphatic heterocycles. The topological polar surface area (TPSA) is 70.2 Å². The van der Waals surface area contributed by atoms with Gasteiger partial charge in [0, 0.05) is 11.6 Å². The molecule has 0 radical (unpaired) electrons. The highest BCUT2D eigenvalue weighted by Crippen LogP contribution is 2.41. The lowest BCUT2D eigenvalue weighted by Gasteiger charge is -2.43. The number of halogens is 1. The highest BCUT2D eigenvalue weighted by molar-refractivity contribution is 6.30. The largest absolute Gasteiger partial charge is 0.345 e. The molecule has 0 spiro atoms. The van der Waals surface area contributed by atoms with Gasteiger partial charge in [-0.3, -0.25) is 4.79 Å². The zero-order chi connectivity index (χ0) is 14.2. The Labute approximate surface area is 122 Å². The molecule has 5 nitrogen and oxygen atoms in total. The van der Waals surface area contributed by atoms with E-state index in [0.29, 0.717) is 11.6 Å². The minimum Gasteiger partial charge on any atom is -0.345 e. The third kappa shape index (κ3) is 2.33. The summed E-state index contributed by atoms with van der Waals surface area (Å²) in [7, 11) is 0. The van der Waals surface area contributed by atoms with E-state index in [-0.39, 0.29) is 17.5 Å². The summed E-state index contributed by atoms with van der Waals surface area (Å²) in [6, 6.07) is 6.79. The second-order valence-electron chi connectivity index (χ2n) is 5.34. The van der Waals surface area contributed by atoms with Crippen LogP contribution < -0.4 is 16.0 Å². The molecule has 6 heteroatoms. The molecule has 1 saturated carbocycles. The lowest BCUT2D eigenvalue weighted by molar-refractivity contribution is -0.125. The van der Waals surface area contributed by atoms with Gasteiger partial charge in [0.25, 0.3) is 0 Å². The van der Waals surface area contributed by atoms with Crippen molar-refractivity contribution in [1.29, 1.82) is 0 Å². The third-order valence-corrected chi connectivity index (χ3v) is 4.31. The molecule has 3 N–H and O–H groups in total. The molecule has 3 amide bonds. The van der Waals surface area contributed by atoms with Crippen molar-refractivity contribution < 1.29 is 9.59 Å². The Kier molecular flexibility index (Phi) is 3.30. The number of benzene rings is 1. The molecule has 20 heavy (non-hydrogen) atoms. The van der Waals surface area contributed by atoms with E-state index in [0.717, 1.165) is 24.8 Å². The summed E-state index contributed by atoms with van der Waals surface area (Å²) in [5, 5.41) is 8.97. The van der Waals surface area contributed by atoms with E-state index >= 15 is 0 Å². The fraction of sp³-hybridized carbons (Fsp3) is 0.429. The average Bonchev–Trinajstić information content (AvgIpc) is 2.82. The van der Waals surface area contributed by atoms with Crippen molar-refractivity contribution in [3.05, 3.63) is 34.9 Å². The molecule has 1 aliphatic carbocycles. The van der Waals surface area contributed by atoms with Crippen LogP contribution >= 0.6 is 11.6 Å². The summed E-state index contributed by atoms with van der Waals surface area (Å²) < 4.78 is 0. The molecule has 1 aromatic rings. The fourth-order valence-corrected chi connectivity index (χ4v) is 2.85. The number of urea groups is 1. The summed E-state index contributed by atoms with van der Waals surface area (Å²) in [5.74, 6) is -0.141. The Morgan fingerprint density at radius 1 is 1.30 bits per heavy atom. The quantitative estimate of drug-likeness (QED) is 0.791. The van der Waals surface area contributed by atoms with Gasteiger partial charge in [-0.05, 0) is 37.0 Å². The minimum absolute atomic E-state index is 0.141. The van der Waals surface area contributed by atoms with Crippen LogP contribution in [0.4, 0.5) is 4.79 Å². The van der Waals surface area contributed by atoms with Gasteiger partial charge in [-0.15, -0.1) is 0 Å².